The Morgan fingerprint density at radius 3 is 2.24 bits per heavy atom. The first-order valence-electron chi connectivity index (χ1n) is 18.0. The highest BCUT2D eigenvalue weighted by molar-refractivity contribution is 5.95. The second-order valence-electron chi connectivity index (χ2n) is 15.0. The van der Waals surface area contributed by atoms with E-state index >= 15 is 0 Å². The van der Waals surface area contributed by atoms with Gasteiger partial charge >= 0.3 is 0 Å². The minimum absolute atomic E-state index is 0.0430. The SMILES string of the molecule is CC1=C(c2cc(N(c3ccccc3)c3ccc4c(c3)C3=CCCC5C6CCCC7=C6C4(c4ccccc47)C35)ccc2C)CCCC1. The van der Waals surface area contributed by atoms with Gasteiger partial charge < -0.3 is 4.90 Å². The average molecular weight is 598 g/mol. The van der Waals surface area contributed by atoms with E-state index in [1.54, 1.807) is 39.0 Å². The van der Waals surface area contributed by atoms with E-state index in [2.05, 4.69) is 116 Å². The summed E-state index contributed by atoms with van der Waals surface area (Å²) in [5, 5.41) is 0. The van der Waals surface area contributed by atoms with Gasteiger partial charge in [-0.1, -0.05) is 66.2 Å². The zero-order valence-electron chi connectivity index (χ0n) is 27.3. The molecule has 6 aliphatic rings. The molecule has 1 nitrogen and oxygen atoms in total. The maximum absolute atomic E-state index is 2.65. The fourth-order valence-corrected chi connectivity index (χ4v) is 11.3. The summed E-state index contributed by atoms with van der Waals surface area (Å²) in [6, 6.07) is 35.4. The van der Waals surface area contributed by atoms with Crippen LogP contribution in [-0.4, -0.2) is 0 Å². The van der Waals surface area contributed by atoms with E-state index in [1.807, 2.05) is 5.57 Å². The van der Waals surface area contributed by atoms with Crippen LogP contribution in [-0.2, 0) is 5.41 Å². The lowest BCUT2D eigenvalue weighted by molar-refractivity contribution is 0.303. The predicted octanol–water partition coefficient (Wildman–Crippen LogP) is 12.1. The van der Waals surface area contributed by atoms with Crippen LogP contribution >= 0.6 is 0 Å². The van der Waals surface area contributed by atoms with Crippen LogP contribution in [0.4, 0.5) is 17.1 Å². The van der Waals surface area contributed by atoms with E-state index in [4.69, 9.17) is 0 Å². The summed E-state index contributed by atoms with van der Waals surface area (Å²) in [4.78, 5) is 2.52. The molecule has 4 unspecified atom stereocenters. The molecule has 4 atom stereocenters. The molecule has 0 N–H and O–H groups in total. The van der Waals surface area contributed by atoms with E-state index in [0.29, 0.717) is 5.92 Å². The van der Waals surface area contributed by atoms with Crippen molar-refractivity contribution in [2.75, 3.05) is 4.90 Å². The van der Waals surface area contributed by atoms with Crippen molar-refractivity contribution in [1.29, 1.82) is 0 Å². The van der Waals surface area contributed by atoms with Gasteiger partial charge in [0.2, 0.25) is 0 Å². The Morgan fingerprint density at radius 1 is 0.630 bits per heavy atom. The van der Waals surface area contributed by atoms with Crippen LogP contribution in [0.3, 0.4) is 0 Å². The Balaban J connectivity index is 1.18. The Kier molecular flexibility index (Phi) is 5.85. The van der Waals surface area contributed by atoms with Gasteiger partial charge in [0.05, 0.1) is 5.41 Å². The van der Waals surface area contributed by atoms with Gasteiger partial charge in [-0.2, -0.15) is 0 Å². The summed E-state index contributed by atoms with van der Waals surface area (Å²) in [7, 11) is 0. The molecule has 0 radical (unpaired) electrons. The van der Waals surface area contributed by atoms with Crippen molar-refractivity contribution in [3.8, 4) is 0 Å². The maximum atomic E-state index is 2.65. The first kappa shape index (κ1) is 27.1. The number of benzene rings is 4. The van der Waals surface area contributed by atoms with Crippen LogP contribution < -0.4 is 4.90 Å². The topological polar surface area (TPSA) is 3.24 Å². The number of rotatable bonds is 4. The molecule has 0 amide bonds. The zero-order valence-corrected chi connectivity index (χ0v) is 27.3. The Morgan fingerprint density at radius 2 is 1.37 bits per heavy atom. The van der Waals surface area contributed by atoms with E-state index in [-0.39, 0.29) is 5.41 Å². The summed E-state index contributed by atoms with van der Waals surface area (Å²) >= 11 is 0. The van der Waals surface area contributed by atoms with Crippen molar-refractivity contribution in [3.05, 3.63) is 142 Å². The van der Waals surface area contributed by atoms with Crippen molar-refractivity contribution in [2.45, 2.75) is 77.0 Å². The number of allylic oxidation sites excluding steroid dienone is 6. The van der Waals surface area contributed by atoms with E-state index in [0.717, 1.165) is 11.8 Å². The lowest BCUT2D eigenvalue weighted by atomic mass is 9.67. The summed E-state index contributed by atoms with van der Waals surface area (Å²) in [6.45, 7) is 4.65. The lowest BCUT2D eigenvalue weighted by Gasteiger charge is -2.34. The molecule has 228 valence electrons. The Labute approximate surface area is 274 Å². The van der Waals surface area contributed by atoms with Crippen molar-refractivity contribution < 1.29 is 0 Å². The third kappa shape index (κ3) is 3.47. The molecule has 4 aromatic rings. The molecule has 1 spiro atoms. The van der Waals surface area contributed by atoms with Crippen LogP contribution in [0.5, 0.6) is 0 Å². The summed E-state index contributed by atoms with van der Waals surface area (Å²) < 4.78 is 0. The molecular formula is C45H43N. The molecule has 46 heavy (non-hydrogen) atoms. The first-order chi connectivity index (χ1) is 22.7. The molecule has 0 saturated heterocycles. The molecule has 1 fully saturated rings. The smallest absolute Gasteiger partial charge is 0.0503 e. The van der Waals surface area contributed by atoms with Crippen LogP contribution in [0, 0.1) is 24.7 Å². The quantitative estimate of drug-likeness (QED) is 0.226. The number of para-hydroxylation sites is 1. The molecule has 4 aromatic carbocycles. The molecule has 1 saturated carbocycles. The van der Waals surface area contributed by atoms with Gasteiger partial charge in [-0.15, -0.1) is 0 Å². The van der Waals surface area contributed by atoms with Gasteiger partial charge in [0, 0.05) is 23.0 Å². The molecule has 10 rings (SSSR count). The van der Waals surface area contributed by atoms with Crippen molar-refractivity contribution in [3.63, 3.8) is 0 Å². The largest absolute Gasteiger partial charge is 0.310 e. The highest BCUT2D eigenvalue weighted by Gasteiger charge is 2.67. The van der Waals surface area contributed by atoms with Gasteiger partial charge in [-0.25, -0.2) is 0 Å². The van der Waals surface area contributed by atoms with Crippen LogP contribution in [0.2, 0.25) is 0 Å². The lowest BCUT2D eigenvalue weighted by Crippen LogP contribution is -2.31. The summed E-state index contributed by atoms with van der Waals surface area (Å²) in [6.07, 6.45) is 14.2. The highest BCUT2D eigenvalue weighted by Crippen LogP contribution is 2.75. The monoisotopic (exact) mass is 597 g/mol. The van der Waals surface area contributed by atoms with Crippen molar-refractivity contribution >= 4 is 33.8 Å². The molecule has 0 aromatic heterocycles. The molecule has 1 heteroatoms. The van der Waals surface area contributed by atoms with Gasteiger partial charge in [-0.05, 0) is 176 Å². The highest BCUT2D eigenvalue weighted by atomic mass is 15.1. The van der Waals surface area contributed by atoms with Gasteiger partial charge in [0.25, 0.3) is 0 Å². The molecular weight excluding hydrogens is 555 g/mol. The fourth-order valence-electron chi connectivity index (χ4n) is 11.3. The number of fused-ring (bicyclic) bond motifs is 5. The second kappa shape index (κ2) is 9.95. The van der Waals surface area contributed by atoms with E-state index < -0.39 is 0 Å². The normalized spacial score (nSPS) is 26.8. The average Bonchev–Trinajstić information content (AvgIpc) is 3.69. The number of nitrogens with zero attached hydrogens (tertiary/aromatic N) is 1. The van der Waals surface area contributed by atoms with Crippen LogP contribution in [0.25, 0.3) is 16.7 Å². The summed E-state index contributed by atoms with van der Waals surface area (Å²) in [5.74, 6) is 2.11. The third-order valence-corrected chi connectivity index (χ3v) is 12.9. The molecule has 6 aliphatic carbocycles. The maximum Gasteiger partial charge on any atom is 0.0503 e. The number of aryl methyl sites for hydroxylation is 1. The van der Waals surface area contributed by atoms with Gasteiger partial charge in [0.1, 0.15) is 0 Å². The number of hydrogen-bond donors (Lipinski definition) is 0. The zero-order chi connectivity index (χ0) is 30.6. The molecule has 0 heterocycles. The fraction of sp³-hybridized carbons (Fsp3) is 0.333. The first-order valence-corrected chi connectivity index (χ1v) is 18.0. The summed E-state index contributed by atoms with van der Waals surface area (Å²) in [5.41, 5.74) is 21.2. The van der Waals surface area contributed by atoms with Crippen molar-refractivity contribution in [2.24, 2.45) is 17.8 Å². The number of anilines is 3. The standard InChI is InChI=1S/C45H43N/c1-28-12-6-7-15-33(28)39-26-31(23-22-29(39)2)46(30-13-4-3-5-14-30)32-24-25-42-40(27-32)38-20-11-19-37-36-18-10-17-35-34-16-8-9-21-41(34)45(42,43(35)36)44(37)38/h3-5,8-9,13-14,16,20-27,36-37,44H,6-7,10-12,15,17-19H2,1-2H3. The van der Waals surface area contributed by atoms with Crippen molar-refractivity contribution in [1.82, 2.24) is 0 Å². The van der Waals surface area contributed by atoms with Gasteiger partial charge in [-0.3, -0.25) is 0 Å². The van der Waals surface area contributed by atoms with E-state index in [1.165, 1.54) is 91.5 Å². The number of hydrogen-bond acceptors (Lipinski definition) is 1. The minimum atomic E-state index is 0.0430. The third-order valence-electron chi connectivity index (χ3n) is 12.9. The van der Waals surface area contributed by atoms with Gasteiger partial charge in [0.15, 0.2) is 0 Å². The minimum Gasteiger partial charge on any atom is -0.310 e. The molecule has 0 bridgehead atoms. The van der Waals surface area contributed by atoms with Crippen LogP contribution in [0.1, 0.15) is 98.1 Å². The Bertz CT molecular complexity index is 2020. The predicted molar refractivity (Wildman–Crippen MR) is 193 cm³/mol. The molecule has 0 aliphatic heterocycles. The van der Waals surface area contributed by atoms with Crippen LogP contribution in [0.15, 0.2) is 108 Å². The van der Waals surface area contributed by atoms with E-state index in [9.17, 15) is 0 Å². The second-order valence-corrected chi connectivity index (χ2v) is 15.0. The Hall–Kier alpha value is -4.10.